The maximum atomic E-state index is 5.60. The van der Waals surface area contributed by atoms with Crippen molar-refractivity contribution in [2.45, 2.75) is 0 Å². The number of anilines is 1. The fraction of sp³-hybridized carbons (Fsp3) is 0.143. The topological polar surface area (TPSA) is 56.7 Å². The minimum Gasteiger partial charge on any atom is -0.391 e. The molecule has 0 saturated heterocycles. The van der Waals surface area contributed by atoms with Crippen LogP contribution in [0.3, 0.4) is 0 Å². The predicted octanol–water partition coefficient (Wildman–Crippen LogP) is 1.13. The lowest BCUT2D eigenvalue weighted by Crippen LogP contribution is -1.92. The molecule has 2 heterocycles. The number of thiophene rings is 1. The van der Waals surface area contributed by atoms with E-state index in [2.05, 4.69) is 10.1 Å². The molecule has 0 aliphatic carbocycles. The number of hydrogen-bond acceptors (Lipinski definition) is 4. The lowest BCUT2D eigenvalue weighted by atomic mass is 10.4. The number of nitrogen functional groups attached to an aromatic ring is 1. The summed E-state index contributed by atoms with van der Waals surface area (Å²) in [6.45, 7) is 0. The summed E-state index contributed by atoms with van der Waals surface area (Å²) in [6.07, 6.45) is 1.53. The summed E-state index contributed by atoms with van der Waals surface area (Å²) in [7, 11) is 1.86. The molecule has 2 aromatic heterocycles. The fourth-order valence-corrected chi connectivity index (χ4v) is 1.79. The summed E-state index contributed by atoms with van der Waals surface area (Å²) in [5.74, 6) is 0.858. The molecule has 0 bridgehead atoms. The maximum Gasteiger partial charge on any atom is 0.167 e. The zero-order valence-electron chi connectivity index (χ0n) is 6.56. The molecule has 4 nitrogen and oxygen atoms in total. The molecule has 0 aromatic carbocycles. The van der Waals surface area contributed by atoms with Gasteiger partial charge in [0, 0.05) is 7.05 Å². The summed E-state index contributed by atoms with van der Waals surface area (Å²) in [5, 5.41) is 4.77. The first-order valence-corrected chi connectivity index (χ1v) is 4.28. The van der Waals surface area contributed by atoms with E-state index in [0.717, 1.165) is 15.7 Å². The van der Waals surface area contributed by atoms with Gasteiger partial charge < -0.3 is 5.73 Å². The van der Waals surface area contributed by atoms with E-state index in [9.17, 15) is 0 Å². The van der Waals surface area contributed by atoms with Gasteiger partial charge in [-0.25, -0.2) is 9.67 Å². The third-order valence-corrected chi connectivity index (χ3v) is 2.47. The van der Waals surface area contributed by atoms with Crippen LogP contribution in [0.25, 0.3) is 10.7 Å². The summed E-state index contributed by atoms with van der Waals surface area (Å²) in [4.78, 5) is 5.15. The van der Waals surface area contributed by atoms with Crippen molar-refractivity contribution in [1.29, 1.82) is 0 Å². The van der Waals surface area contributed by atoms with E-state index in [1.165, 1.54) is 17.7 Å². The molecule has 0 aliphatic rings. The zero-order valence-corrected chi connectivity index (χ0v) is 7.38. The minimum absolute atomic E-state index is 0.799. The van der Waals surface area contributed by atoms with E-state index in [1.807, 2.05) is 19.2 Å². The van der Waals surface area contributed by atoms with Gasteiger partial charge in [0.2, 0.25) is 0 Å². The fourth-order valence-electron chi connectivity index (χ4n) is 0.992. The highest BCUT2D eigenvalue weighted by Gasteiger charge is 2.05. The largest absolute Gasteiger partial charge is 0.391 e. The Balaban J connectivity index is 2.50. The normalized spacial score (nSPS) is 10.4. The molecule has 0 fully saturated rings. The van der Waals surface area contributed by atoms with Crippen LogP contribution >= 0.6 is 11.3 Å². The number of nitrogens with two attached hydrogens (primary N) is 1. The Kier molecular flexibility index (Phi) is 1.58. The van der Waals surface area contributed by atoms with Crippen molar-refractivity contribution in [3.05, 3.63) is 18.5 Å². The molecule has 2 aromatic rings. The van der Waals surface area contributed by atoms with Gasteiger partial charge in [-0.3, -0.25) is 0 Å². The van der Waals surface area contributed by atoms with E-state index < -0.39 is 0 Å². The predicted molar refractivity (Wildman–Crippen MR) is 48.7 cm³/mol. The standard InChI is InChI=1S/C7H8N4S/c1-11-7(9-4-10-11)5-2-3-6(8)12-5/h2-4H,8H2,1H3. The van der Waals surface area contributed by atoms with Crippen LogP contribution in [0.5, 0.6) is 0 Å². The number of aromatic nitrogens is 3. The van der Waals surface area contributed by atoms with Gasteiger partial charge in [-0.05, 0) is 12.1 Å². The van der Waals surface area contributed by atoms with Crippen molar-refractivity contribution in [2.75, 3.05) is 5.73 Å². The molecule has 0 amide bonds. The second-order valence-electron chi connectivity index (χ2n) is 2.41. The highest BCUT2D eigenvalue weighted by molar-refractivity contribution is 7.19. The zero-order chi connectivity index (χ0) is 8.55. The van der Waals surface area contributed by atoms with Crippen molar-refractivity contribution in [3.63, 3.8) is 0 Å². The Morgan fingerprint density at radius 1 is 1.50 bits per heavy atom. The Hall–Kier alpha value is -1.36. The van der Waals surface area contributed by atoms with Gasteiger partial charge in [-0.2, -0.15) is 5.10 Å². The molecule has 0 unspecified atom stereocenters. The second kappa shape index (κ2) is 2.60. The van der Waals surface area contributed by atoms with Crippen LogP contribution in [0.1, 0.15) is 0 Å². The van der Waals surface area contributed by atoms with Crippen LogP contribution in [0.15, 0.2) is 18.5 Å². The molecule has 0 radical (unpaired) electrons. The van der Waals surface area contributed by atoms with Crippen molar-refractivity contribution >= 4 is 16.3 Å². The number of nitrogens with zero attached hydrogens (tertiary/aromatic N) is 3. The first-order chi connectivity index (χ1) is 5.77. The van der Waals surface area contributed by atoms with Crippen LogP contribution in [-0.4, -0.2) is 14.8 Å². The van der Waals surface area contributed by atoms with Crippen molar-refractivity contribution in [3.8, 4) is 10.7 Å². The molecule has 0 spiro atoms. The molecule has 2 N–H and O–H groups in total. The van der Waals surface area contributed by atoms with Crippen LogP contribution in [-0.2, 0) is 7.05 Å². The minimum atomic E-state index is 0.799. The maximum absolute atomic E-state index is 5.60. The Labute approximate surface area is 73.7 Å². The molecular weight excluding hydrogens is 172 g/mol. The van der Waals surface area contributed by atoms with Crippen molar-refractivity contribution < 1.29 is 0 Å². The lowest BCUT2D eigenvalue weighted by Gasteiger charge is -1.93. The van der Waals surface area contributed by atoms with Crippen molar-refractivity contribution in [2.24, 2.45) is 7.05 Å². The van der Waals surface area contributed by atoms with Gasteiger partial charge in [0.15, 0.2) is 5.82 Å². The average Bonchev–Trinajstić information content (AvgIpc) is 2.58. The van der Waals surface area contributed by atoms with Gasteiger partial charge >= 0.3 is 0 Å². The van der Waals surface area contributed by atoms with E-state index in [1.54, 1.807) is 4.68 Å². The molecule has 5 heteroatoms. The van der Waals surface area contributed by atoms with E-state index in [4.69, 9.17) is 5.73 Å². The van der Waals surface area contributed by atoms with Gasteiger partial charge in [0.25, 0.3) is 0 Å². The monoisotopic (exact) mass is 180 g/mol. The molecule has 12 heavy (non-hydrogen) atoms. The molecular formula is C7H8N4S. The third kappa shape index (κ3) is 1.08. The average molecular weight is 180 g/mol. The van der Waals surface area contributed by atoms with Gasteiger partial charge in [0.1, 0.15) is 6.33 Å². The number of rotatable bonds is 1. The van der Waals surface area contributed by atoms with Crippen LogP contribution < -0.4 is 5.73 Å². The molecule has 2 rings (SSSR count). The highest BCUT2D eigenvalue weighted by atomic mass is 32.1. The van der Waals surface area contributed by atoms with Gasteiger partial charge in [-0.1, -0.05) is 0 Å². The van der Waals surface area contributed by atoms with Crippen molar-refractivity contribution in [1.82, 2.24) is 14.8 Å². The Bertz CT molecular complexity index is 390. The highest BCUT2D eigenvalue weighted by Crippen LogP contribution is 2.26. The molecule has 0 aliphatic heterocycles. The molecule has 62 valence electrons. The van der Waals surface area contributed by atoms with Gasteiger partial charge in [0.05, 0.1) is 9.88 Å². The first-order valence-electron chi connectivity index (χ1n) is 3.47. The smallest absolute Gasteiger partial charge is 0.167 e. The van der Waals surface area contributed by atoms with E-state index >= 15 is 0 Å². The van der Waals surface area contributed by atoms with Crippen LogP contribution in [0.2, 0.25) is 0 Å². The number of hydrogen-bond donors (Lipinski definition) is 1. The van der Waals surface area contributed by atoms with Gasteiger partial charge in [-0.15, -0.1) is 11.3 Å². The third-order valence-electron chi connectivity index (χ3n) is 1.56. The lowest BCUT2D eigenvalue weighted by molar-refractivity contribution is 0.776. The van der Waals surface area contributed by atoms with Crippen LogP contribution in [0.4, 0.5) is 5.00 Å². The Morgan fingerprint density at radius 2 is 2.33 bits per heavy atom. The summed E-state index contributed by atoms with van der Waals surface area (Å²) in [5.41, 5.74) is 5.60. The van der Waals surface area contributed by atoms with Crippen LogP contribution in [0, 0.1) is 0 Å². The van der Waals surface area contributed by atoms with E-state index in [-0.39, 0.29) is 0 Å². The van der Waals surface area contributed by atoms with E-state index in [0.29, 0.717) is 0 Å². The summed E-state index contributed by atoms with van der Waals surface area (Å²) < 4.78 is 1.73. The molecule has 0 saturated carbocycles. The SMILES string of the molecule is Cn1ncnc1-c1ccc(N)s1. The summed E-state index contributed by atoms with van der Waals surface area (Å²) >= 11 is 1.51. The number of aryl methyl sites for hydroxylation is 1. The molecule has 0 atom stereocenters. The second-order valence-corrected chi connectivity index (χ2v) is 3.52. The summed E-state index contributed by atoms with van der Waals surface area (Å²) in [6, 6.07) is 3.82. The Morgan fingerprint density at radius 3 is 2.83 bits per heavy atom. The first kappa shape index (κ1) is 7.30. The quantitative estimate of drug-likeness (QED) is 0.715.